The topological polar surface area (TPSA) is 40.5 Å². The fourth-order valence-corrected chi connectivity index (χ4v) is 2.57. The van der Waals surface area contributed by atoms with Crippen molar-refractivity contribution in [2.24, 2.45) is 0 Å². The lowest BCUT2D eigenvalue weighted by molar-refractivity contribution is -0.133. The molecule has 0 bridgehead atoms. The SMILES string of the molecule is CC1(C)CC(O)CN1C(=O)Cc1ccc(F)cc1F. The molecule has 0 saturated carbocycles. The minimum Gasteiger partial charge on any atom is -0.391 e. The average molecular weight is 269 g/mol. The molecule has 1 heterocycles. The lowest BCUT2D eigenvalue weighted by Gasteiger charge is -2.31. The standard InChI is InChI=1S/C14H17F2NO2/c1-14(2)7-11(18)8-17(14)13(19)5-9-3-4-10(15)6-12(9)16/h3-4,6,11,18H,5,7-8H2,1-2H3. The summed E-state index contributed by atoms with van der Waals surface area (Å²) in [7, 11) is 0. The molecule has 104 valence electrons. The molecule has 1 fully saturated rings. The number of aliphatic hydroxyl groups excluding tert-OH is 1. The van der Waals surface area contributed by atoms with E-state index in [9.17, 15) is 18.7 Å². The first-order chi connectivity index (χ1) is 8.79. The molecule has 0 radical (unpaired) electrons. The van der Waals surface area contributed by atoms with E-state index >= 15 is 0 Å². The van der Waals surface area contributed by atoms with Gasteiger partial charge in [0.05, 0.1) is 12.5 Å². The average Bonchev–Trinajstić information content (AvgIpc) is 2.56. The Labute approximate surface area is 110 Å². The second-order valence-electron chi connectivity index (χ2n) is 5.59. The molecule has 0 aromatic heterocycles. The molecule has 3 nitrogen and oxygen atoms in total. The van der Waals surface area contributed by atoms with Crippen LogP contribution in [0.4, 0.5) is 8.78 Å². The van der Waals surface area contributed by atoms with Gasteiger partial charge in [-0.3, -0.25) is 4.79 Å². The Bertz CT molecular complexity index is 502. The van der Waals surface area contributed by atoms with Crippen molar-refractivity contribution in [2.45, 2.75) is 38.3 Å². The molecule has 1 unspecified atom stereocenters. The van der Waals surface area contributed by atoms with Crippen LogP contribution in [0.5, 0.6) is 0 Å². The maximum Gasteiger partial charge on any atom is 0.227 e. The Kier molecular flexibility index (Phi) is 3.58. The van der Waals surface area contributed by atoms with Gasteiger partial charge in [0.2, 0.25) is 5.91 Å². The summed E-state index contributed by atoms with van der Waals surface area (Å²) in [5.41, 5.74) is -0.268. The summed E-state index contributed by atoms with van der Waals surface area (Å²) in [4.78, 5) is 13.7. The number of hydrogen-bond acceptors (Lipinski definition) is 2. The van der Waals surface area contributed by atoms with Crippen LogP contribution in [0.1, 0.15) is 25.8 Å². The maximum atomic E-state index is 13.5. The molecular weight excluding hydrogens is 252 g/mol. The summed E-state index contributed by atoms with van der Waals surface area (Å²) in [6.07, 6.45) is -0.163. The number of aliphatic hydroxyl groups is 1. The largest absolute Gasteiger partial charge is 0.391 e. The van der Waals surface area contributed by atoms with Gasteiger partial charge in [0.15, 0.2) is 0 Å². The second kappa shape index (κ2) is 4.89. The molecule has 1 saturated heterocycles. The van der Waals surface area contributed by atoms with Crippen molar-refractivity contribution in [1.29, 1.82) is 0 Å². The van der Waals surface area contributed by atoms with Crippen LogP contribution < -0.4 is 0 Å². The summed E-state index contributed by atoms with van der Waals surface area (Å²) in [5, 5.41) is 9.62. The molecule has 1 amide bonds. The van der Waals surface area contributed by atoms with Crippen LogP contribution in [0, 0.1) is 11.6 Å². The monoisotopic (exact) mass is 269 g/mol. The number of likely N-dealkylation sites (tertiary alicyclic amines) is 1. The summed E-state index contributed by atoms with van der Waals surface area (Å²) in [5.74, 6) is -1.64. The number of hydrogen-bond donors (Lipinski definition) is 1. The van der Waals surface area contributed by atoms with E-state index in [1.54, 1.807) is 4.90 Å². The molecule has 1 aromatic carbocycles. The van der Waals surface area contributed by atoms with E-state index in [2.05, 4.69) is 0 Å². The molecule has 2 rings (SSSR count). The highest BCUT2D eigenvalue weighted by atomic mass is 19.1. The second-order valence-corrected chi connectivity index (χ2v) is 5.59. The van der Waals surface area contributed by atoms with Gasteiger partial charge in [0, 0.05) is 18.2 Å². The van der Waals surface area contributed by atoms with Crippen molar-refractivity contribution in [2.75, 3.05) is 6.54 Å². The van der Waals surface area contributed by atoms with E-state index in [0.717, 1.165) is 12.1 Å². The van der Waals surface area contributed by atoms with Crippen molar-refractivity contribution in [3.63, 3.8) is 0 Å². The third kappa shape index (κ3) is 2.92. The third-order valence-corrected chi connectivity index (χ3v) is 3.52. The number of halogens is 2. The molecule has 0 spiro atoms. The van der Waals surface area contributed by atoms with Crippen molar-refractivity contribution in [3.8, 4) is 0 Å². The van der Waals surface area contributed by atoms with E-state index in [1.165, 1.54) is 6.07 Å². The fourth-order valence-electron chi connectivity index (χ4n) is 2.57. The van der Waals surface area contributed by atoms with Gasteiger partial charge in [0.25, 0.3) is 0 Å². The quantitative estimate of drug-likeness (QED) is 0.890. The van der Waals surface area contributed by atoms with Gasteiger partial charge in [-0.15, -0.1) is 0 Å². The van der Waals surface area contributed by atoms with Gasteiger partial charge < -0.3 is 10.0 Å². The molecule has 0 aliphatic carbocycles. The number of nitrogens with zero attached hydrogens (tertiary/aromatic N) is 1. The van der Waals surface area contributed by atoms with E-state index in [0.29, 0.717) is 6.42 Å². The summed E-state index contributed by atoms with van der Waals surface area (Å²) < 4.78 is 26.3. The van der Waals surface area contributed by atoms with Crippen LogP contribution in [0.15, 0.2) is 18.2 Å². The van der Waals surface area contributed by atoms with Crippen molar-refractivity contribution in [3.05, 3.63) is 35.4 Å². The van der Waals surface area contributed by atoms with Crippen LogP contribution >= 0.6 is 0 Å². The van der Waals surface area contributed by atoms with Crippen molar-refractivity contribution >= 4 is 5.91 Å². The first kappa shape index (κ1) is 13.9. The van der Waals surface area contributed by atoms with E-state index in [-0.39, 0.29) is 24.4 Å². The number of carbonyl (C=O) groups is 1. The molecule has 1 aliphatic heterocycles. The molecule has 1 atom stereocenters. The van der Waals surface area contributed by atoms with Crippen molar-refractivity contribution < 1.29 is 18.7 Å². The first-order valence-electron chi connectivity index (χ1n) is 6.22. The van der Waals surface area contributed by atoms with Crippen LogP contribution in [0.2, 0.25) is 0 Å². The van der Waals surface area contributed by atoms with Gasteiger partial charge in [-0.05, 0) is 31.9 Å². The number of β-amino-alcohol motifs (C(OH)–C–C–N with tert-alkyl or cyclic N) is 1. The normalized spacial score (nSPS) is 21.7. The highest BCUT2D eigenvalue weighted by Gasteiger charge is 2.40. The van der Waals surface area contributed by atoms with Crippen LogP contribution in [-0.4, -0.2) is 34.1 Å². The molecule has 1 aliphatic rings. The maximum absolute atomic E-state index is 13.5. The molecule has 1 aromatic rings. The number of benzene rings is 1. The minimum absolute atomic E-state index is 0.123. The van der Waals surface area contributed by atoms with Crippen LogP contribution in [0.25, 0.3) is 0 Å². The molecular formula is C14H17F2NO2. The number of carbonyl (C=O) groups excluding carboxylic acids is 1. The molecule has 19 heavy (non-hydrogen) atoms. The predicted octanol–water partition coefficient (Wildman–Crippen LogP) is 1.88. The molecule has 1 N–H and O–H groups in total. The van der Waals surface area contributed by atoms with Gasteiger partial charge in [-0.2, -0.15) is 0 Å². The van der Waals surface area contributed by atoms with Crippen LogP contribution in [-0.2, 0) is 11.2 Å². The molecule has 5 heteroatoms. The summed E-state index contributed by atoms with van der Waals surface area (Å²) >= 11 is 0. The summed E-state index contributed by atoms with van der Waals surface area (Å²) in [6.45, 7) is 3.99. The van der Waals surface area contributed by atoms with Gasteiger partial charge >= 0.3 is 0 Å². The van der Waals surface area contributed by atoms with E-state index in [4.69, 9.17) is 0 Å². The zero-order valence-electron chi connectivity index (χ0n) is 11.0. The number of rotatable bonds is 2. The third-order valence-electron chi connectivity index (χ3n) is 3.52. The predicted molar refractivity (Wildman–Crippen MR) is 66.5 cm³/mol. The smallest absolute Gasteiger partial charge is 0.227 e. The van der Waals surface area contributed by atoms with Crippen molar-refractivity contribution in [1.82, 2.24) is 4.90 Å². The number of amides is 1. The van der Waals surface area contributed by atoms with E-state index in [1.807, 2.05) is 13.8 Å². The minimum atomic E-state index is -0.717. The lowest BCUT2D eigenvalue weighted by Crippen LogP contribution is -2.43. The first-order valence-corrected chi connectivity index (χ1v) is 6.22. The van der Waals surface area contributed by atoms with Crippen LogP contribution in [0.3, 0.4) is 0 Å². The van der Waals surface area contributed by atoms with Gasteiger partial charge in [0.1, 0.15) is 11.6 Å². The Hall–Kier alpha value is -1.49. The highest BCUT2D eigenvalue weighted by molar-refractivity contribution is 5.80. The Morgan fingerprint density at radius 1 is 1.47 bits per heavy atom. The zero-order chi connectivity index (χ0) is 14.2. The zero-order valence-corrected chi connectivity index (χ0v) is 11.0. The Morgan fingerprint density at radius 3 is 2.68 bits per heavy atom. The van der Waals surface area contributed by atoms with Gasteiger partial charge in [-0.1, -0.05) is 6.07 Å². The fraction of sp³-hybridized carbons (Fsp3) is 0.500. The lowest BCUT2D eigenvalue weighted by atomic mass is 10.0. The van der Waals surface area contributed by atoms with Gasteiger partial charge in [-0.25, -0.2) is 8.78 Å². The summed E-state index contributed by atoms with van der Waals surface area (Å²) in [6, 6.07) is 3.18. The Morgan fingerprint density at radius 2 is 2.16 bits per heavy atom. The highest BCUT2D eigenvalue weighted by Crippen LogP contribution is 2.29. The Balaban J connectivity index is 2.13. The van der Waals surface area contributed by atoms with E-state index < -0.39 is 23.3 Å².